The van der Waals surface area contributed by atoms with Crippen molar-refractivity contribution in [2.45, 2.75) is 32.7 Å². The van der Waals surface area contributed by atoms with Crippen molar-refractivity contribution in [3.05, 3.63) is 65.2 Å². The van der Waals surface area contributed by atoms with E-state index in [1.165, 1.54) is 4.41 Å². The number of rotatable bonds is 7. The monoisotopic (exact) mass is 435 g/mol. The lowest BCUT2D eigenvalue weighted by molar-refractivity contribution is 0.370. The standard InChI is InChI=1S/C20H25N3O4S2/c1-4-12-29(26,27)23-20(18-11-6-5-8-15(18)2)14-19(21-23)16-9-7-10-17(13-16)22-28(3,24)25/h5-11,13,20,22H,4,12,14H2,1-3H3. The summed E-state index contributed by atoms with van der Waals surface area (Å²) in [5.74, 6) is 0.0157. The summed E-state index contributed by atoms with van der Waals surface area (Å²) in [5.41, 5.74) is 3.62. The lowest BCUT2D eigenvalue weighted by Gasteiger charge is -2.24. The van der Waals surface area contributed by atoms with Gasteiger partial charge in [-0.2, -0.15) is 9.52 Å². The summed E-state index contributed by atoms with van der Waals surface area (Å²) in [6.07, 6.45) is 1.99. The molecule has 1 aliphatic heterocycles. The number of nitrogens with one attached hydrogen (secondary N) is 1. The smallest absolute Gasteiger partial charge is 0.250 e. The zero-order valence-corrected chi connectivity index (χ0v) is 18.3. The van der Waals surface area contributed by atoms with Crippen LogP contribution in [0.4, 0.5) is 5.69 Å². The van der Waals surface area contributed by atoms with Crippen molar-refractivity contribution in [3.8, 4) is 0 Å². The Hall–Kier alpha value is -2.39. The van der Waals surface area contributed by atoms with Gasteiger partial charge in [0.25, 0.3) is 0 Å². The van der Waals surface area contributed by atoms with E-state index in [0.29, 0.717) is 29.8 Å². The Bertz CT molecular complexity index is 1140. The SMILES string of the molecule is CCCS(=O)(=O)N1N=C(c2cccc(NS(C)(=O)=O)c2)CC1c1ccccc1C. The Morgan fingerprint density at radius 1 is 1.10 bits per heavy atom. The molecule has 156 valence electrons. The van der Waals surface area contributed by atoms with Gasteiger partial charge in [0, 0.05) is 12.1 Å². The maximum absolute atomic E-state index is 12.9. The van der Waals surface area contributed by atoms with Gasteiger partial charge in [-0.1, -0.05) is 43.3 Å². The third-order valence-electron chi connectivity index (χ3n) is 4.67. The molecule has 0 spiro atoms. The number of hydrazone groups is 1. The zero-order valence-electron chi connectivity index (χ0n) is 16.7. The van der Waals surface area contributed by atoms with E-state index in [1.807, 2.05) is 38.1 Å². The van der Waals surface area contributed by atoms with E-state index >= 15 is 0 Å². The second-order valence-electron chi connectivity index (χ2n) is 7.17. The summed E-state index contributed by atoms with van der Waals surface area (Å²) in [7, 11) is -6.98. The Morgan fingerprint density at radius 3 is 2.48 bits per heavy atom. The normalized spacial score (nSPS) is 17.3. The van der Waals surface area contributed by atoms with Crippen LogP contribution in [0.25, 0.3) is 0 Å². The van der Waals surface area contributed by atoms with Crippen molar-refractivity contribution < 1.29 is 16.8 Å². The second-order valence-corrected chi connectivity index (χ2v) is 10.9. The molecule has 0 radical (unpaired) electrons. The first kappa shape index (κ1) is 21.3. The molecule has 0 bridgehead atoms. The van der Waals surface area contributed by atoms with E-state index in [2.05, 4.69) is 9.82 Å². The van der Waals surface area contributed by atoms with Crippen molar-refractivity contribution in [3.63, 3.8) is 0 Å². The van der Waals surface area contributed by atoms with Crippen LogP contribution in [0.5, 0.6) is 0 Å². The highest BCUT2D eigenvalue weighted by Crippen LogP contribution is 2.36. The Balaban J connectivity index is 2.03. The molecule has 1 atom stereocenters. The van der Waals surface area contributed by atoms with Gasteiger partial charge >= 0.3 is 0 Å². The number of hydrogen-bond acceptors (Lipinski definition) is 5. The van der Waals surface area contributed by atoms with Crippen LogP contribution >= 0.6 is 0 Å². The number of benzene rings is 2. The van der Waals surface area contributed by atoms with E-state index in [0.717, 1.165) is 17.4 Å². The number of aryl methyl sites for hydroxylation is 1. The van der Waals surface area contributed by atoms with E-state index in [9.17, 15) is 16.8 Å². The first-order valence-electron chi connectivity index (χ1n) is 9.34. The summed E-state index contributed by atoms with van der Waals surface area (Å²) < 4.78 is 52.5. The average Bonchev–Trinajstić information content (AvgIpc) is 3.07. The molecule has 9 heteroatoms. The first-order chi connectivity index (χ1) is 13.6. The second kappa shape index (κ2) is 8.16. The van der Waals surface area contributed by atoms with E-state index in [-0.39, 0.29) is 5.75 Å². The molecule has 0 saturated carbocycles. The molecule has 0 amide bonds. The van der Waals surface area contributed by atoms with Crippen LogP contribution < -0.4 is 4.72 Å². The number of sulfonamides is 2. The third kappa shape index (κ3) is 4.97. The fraction of sp³-hybridized carbons (Fsp3) is 0.350. The third-order valence-corrected chi connectivity index (χ3v) is 7.10. The van der Waals surface area contributed by atoms with E-state index in [4.69, 9.17) is 0 Å². The number of nitrogens with zero attached hydrogens (tertiary/aromatic N) is 2. The minimum atomic E-state index is -3.57. The topological polar surface area (TPSA) is 95.9 Å². The Labute approximate surface area is 172 Å². The molecule has 1 unspecified atom stereocenters. The van der Waals surface area contributed by atoms with Crippen molar-refractivity contribution in [2.75, 3.05) is 16.7 Å². The molecular weight excluding hydrogens is 410 g/mol. The minimum Gasteiger partial charge on any atom is -0.284 e. The maximum atomic E-state index is 12.9. The highest BCUT2D eigenvalue weighted by atomic mass is 32.2. The van der Waals surface area contributed by atoms with Crippen molar-refractivity contribution in [1.82, 2.24) is 4.41 Å². The Kier molecular flexibility index (Phi) is 6.00. The van der Waals surface area contributed by atoms with Crippen molar-refractivity contribution >= 4 is 31.4 Å². The molecule has 2 aromatic rings. The molecule has 3 rings (SSSR count). The minimum absolute atomic E-state index is 0.0157. The van der Waals surface area contributed by atoms with Gasteiger partial charge in [0.05, 0.1) is 23.8 Å². The van der Waals surface area contributed by atoms with Gasteiger partial charge in [-0.05, 0) is 42.2 Å². The van der Waals surface area contributed by atoms with Crippen molar-refractivity contribution in [1.29, 1.82) is 0 Å². The number of hydrogen-bond donors (Lipinski definition) is 1. The van der Waals surface area contributed by atoms with Crippen LogP contribution in [0.1, 0.15) is 42.5 Å². The predicted molar refractivity (Wildman–Crippen MR) is 116 cm³/mol. The molecule has 7 nitrogen and oxygen atoms in total. The van der Waals surface area contributed by atoms with Crippen LogP contribution in [0.2, 0.25) is 0 Å². The van der Waals surface area contributed by atoms with E-state index in [1.54, 1.807) is 24.3 Å². The highest BCUT2D eigenvalue weighted by Gasteiger charge is 2.36. The first-order valence-corrected chi connectivity index (χ1v) is 12.8. The van der Waals surface area contributed by atoms with Crippen LogP contribution in [-0.4, -0.2) is 39.0 Å². The van der Waals surface area contributed by atoms with Gasteiger partial charge < -0.3 is 0 Å². The van der Waals surface area contributed by atoms with Crippen LogP contribution in [-0.2, 0) is 20.0 Å². The van der Waals surface area contributed by atoms with E-state index < -0.39 is 26.1 Å². The molecule has 29 heavy (non-hydrogen) atoms. The summed E-state index contributed by atoms with van der Waals surface area (Å²) in [5, 5.41) is 4.47. The summed E-state index contributed by atoms with van der Waals surface area (Å²) in [4.78, 5) is 0. The van der Waals surface area contributed by atoms with Crippen molar-refractivity contribution in [2.24, 2.45) is 5.10 Å². The molecular formula is C20H25N3O4S2. The maximum Gasteiger partial charge on any atom is 0.250 e. The Morgan fingerprint density at radius 2 is 1.83 bits per heavy atom. The lowest BCUT2D eigenvalue weighted by atomic mass is 9.96. The average molecular weight is 436 g/mol. The van der Waals surface area contributed by atoms with Gasteiger partial charge in [-0.3, -0.25) is 4.72 Å². The van der Waals surface area contributed by atoms with Crippen LogP contribution in [0.3, 0.4) is 0 Å². The fourth-order valence-corrected chi connectivity index (χ4v) is 5.50. The zero-order chi connectivity index (χ0) is 21.2. The fourth-order valence-electron chi connectivity index (χ4n) is 3.44. The molecule has 1 aliphatic rings. The summed E-state index contributed by atoms with van der Waals surface area (Å²) >= 11 is 0. The largest absolute Gasteiger partial charge is 0.284 e. The van der Waals surface area contributed by atoms with Gasteiger partial charge in [0.15, 0.2) is 0 Å². The van der Waals surface area contributed by atoms with Gasteiger partial charge in [0.1, 0.15) is 0 Å². The summed E-state index contributed by atoms with van der Waals surface area (Å²) in [6.45, 7) is 3.77. The summed E-state index contributed by atoms with van der Waals surface area (Å²) in [6, 6.07) is 14.1. The van der Waals surface area contributed by atoms with Gasteiger partial charge in [0.2, 0.25) is 20.0 Å². The molecule has 2 aromatic carbocycles. The molecule has 0 fully saturated rings. The quantitative estimate of drug-likeness (QED) is 0.722. The number of anilines is 1. The molecule has 0 aromatic heterocycles. The van der Waals surface area contributed by atoms with Gasteiger partial charge in [-0.25, -0.2) is 16.8 Å². The highest BCUT2D eigenvalue weighted by molar-refractivity contribution is 7.92. The molecule has 1 heterocycles. The molecule has 0 aliphatic carbocycles. The molecule has 1 N–H and O–H groups in total. The molecule has 0 saturated heterocycles. The van der Waals surface area contributed by atoms with Crippen LogP contribution in [0.15, 0.2) is 53.6 Å². The predicted octanol–water partition coefficient (Wildman–Crippen LogP) is 3.26. The van der Waals surface area contributed by atoms with Crippen LogP contribution in [0, 0.1) is 6.92 Å². The lowest BCUT2D eigenvalue weighted by Crippen LogP contribution is -2.29. The van der Waals surface area contributed by atoms with Gasteiger partial charge in [-0.15, -0.1) is 0 Å².